The van der Waals surface area contributed by atoms with Crippen LogP contribution in [-0.4, -0.2) is 24.8 Å². The molecule has 1 aliphatic heterocycles. The molecule has 5 unspecified atom stereocenters. The lowest BCUT2D eigenvalue weighted by atomic mass is 9.55. The summed E-state index contributed by atoms with van der Waals surface area (Å²) in [6, 6.07) is 12.3. The Morgan fingerprint density at radius 3 is 2.80 bits per heavy atom. The number of fused-ring (bicyclic) bond motifs is 1. The third kappa shape index (κ3) is 1.93. The van der Waals surface area contributed by atoms with Gasteiger partial charge in [0.05, 0.1) is 6.10 Å². The molecule has 2 heteroatoms. The molecule has 1 aromatic rings. The average molecular weight is 271 g/mol. The minimum absolute atomic E-state index is 0.301. The van der Waals surface area contributed by atoms with Crippen molar-refractivity contribution in [2.75, 3.05) is 6.61 Å². The topological polar surface area (TPSA) is 21.3 Å². The molecular weight excluding hydrogens is 246 g/mol. The highest BCUT2D eigenvalue weighted by Gasteiger charge is 2.59. The molecule has 3 fully saturated rings. The Kier molecular flexibility index (Phi) is 2.94. The number of hydrogen-bond acceptors (Lipinski definition) is 2. The third-order valence-electron chi connectivity index (χ3n) is 5.74. The minimum Gasteiger partial charge on any atom is -0.377 e. The highest BCUT2D eigenvalue weighted by Crippen LogP contribution is 2.53. The molecule has 1 heterocycles. The van der Waals surface area contributed by atoms with Crippen molar-refractivity contribution < 1.29 is 4.74 Å². The van der Waals surface area contributed by atoms with E-state index in [2.05, 4.69) is 49.5 Å². The van der Waals surface area contributed by atoms with Crippen molar-refractivity contribution in [1.29, 1.82) is 0 Å². The number of nitrogens with one attached hydrogen (secondary N) is 1. The summed E-state index contributed by atoms with van der Waals surface area (Å²) in [5, 5.41) is 3.95. The Bertz CT molecular complexity index is 483. The van der Waals surface area contributed by atoms with Crippen molar-refractivity contribution in [1.82, 2.24) is 5.32 Å². The first-order chi connectivity index (χ1) is 9.68. The minimum atomic E-state index is 0.301. The van der Waals surface area contributed by atoms with Crippen LogP contribution in [0.2, 0.25) is 0 Å². The zero-order chi connectivity index (χ0) is 13.7. The number of hydrogen-bond donors (Lipinski definition) is 1. The van der Waals surface area contributed by atoms with Gasteiger partial charge in [0.1, 0.15) is 0 Å². The predicted molar refractivity (Wildman–Crippen MR) is 80.8 cm³/mol. The molecule has 0 bridgehead atoms. The third-order valence-corrected chi connectivity index (χ3v) is 5.74. The smallest absolute Gasteiger partial charge is 0.0684 e. The van der Waals surface area contributed by atoms with Crippen LogP contribution in [0.1, 0.15) is 44.6 Å². The molecule has 3 aliphatic rings. The molecule has 0 radical (unpaired) electrons. The summed E-state index contributed by atoms with van der Waals surface area (Å²) in [7, 11) is 0. The van der Waals surface area contributed by atoms with Crippen molar-refractivity contribution in [3.05, 3.63) is 35.9 Å². The SMILES string of the molecule is CC1(C)C(NC2CC2c2ccccc2)C2CCCOC21. The second kappa shape index (κ2) is 4.57. The highest BCUT2D eigenvalue weighted by atomic mass is 16.5. The molecule has 1 N–H and O–H groups in total. The van der Waals surface area contributed by atoms with Crippen molar-refractivity contribution in [3.63, 3.8) is 0 Å². The van der Waals surface area contributed by atoms with E-state index in [9.17, 15) is 0 Å². The van der Waals surface area contributed by atoms with Crippen molar-refractivity contribution in [2.24, 2.45) is 11.3 Å². The molecular formula is C18H25NO. The first-order valence-corrected chi connectivity index (χ1v) is 8.10. The molecule has 1 saturated heterocycles. The Morgan fingerprint density at radius 2 is 2.00 bits per heavy atom. The molecule has 0 aromatic heterocycles. The van der Waals surface area contributed by atoms with E-state index < -0.39 is 0 Å². The summed E-state index contributed by atoms with van der Waals surface area (Å²) < 4.78 is 6.00. The van der Waals surface area contributed by atoms with Crippen molar-refractivity contribution in [2.45, 2.75) is 57.2 Å². The molecule has 5 atom stereocenters. The summed E-state index contributed by atoms with van der Waals surface area (Å²) in [4.78, 5) is 0. The zero-order valence-corrected chi connectivity index (χ0v) is 12.5. The fourth-order valence-corrected chi connectivity index (χ4v) is 4.54. The van der Waals surface area contributed by atoms with Crippen LogP contribution in [0.3, 0.4) is 0 Å². The lowest BCUT2D eigenvalue weighted by molar-refractivity contribution is -0.193. The van der Waals surface area contributed by atoms with Gasteiger partial charge in [-0.1, -0.05) is 44.2 Å². The molecule has 2 nitrogen and oxygen atoms in total. The summed E-state index contributed by atoms with van der Waals surface area (Å²) in [6.45, 7) is 5.71. The van der Waals surface area contributed by atoms with Crippen LogP contribution in [0.4, 0.5) is 0 Å². The number of benzene rings is 1. The van der Waals surface area contributed by atoms with E-state index in [-0.39, 0.29) is 0 Å². The molecule has 4 rings (SSSR count). The predicted octanol–water partition coefficient (Wildman–Crippen LogP) is 3.34. The first-order valence-electron chi connectivity index (χ1n) is 8.10. The molecule has 20 heavy (non-hydrogen) atoms. The van der Waals surface area contributed by atoms with Gasteiger partial charge in [-0.25, -0.2) is 0 Å². The van der Waals surface area contributed by atoms with Gasteiger partial charge in [0.2, 0.25) is 0 Å². The fourth-order valence-electron chi connectivity index (χ4n) is 4.54. The summed E-state index contributed by atoms with van der Waals surface area (Å²) >= 11 is 0. The average Bonchev–Trinajstić information content (AvgIpc) is 3.25. The van der Waals surface area contributed by atoms with Gasteiger partial charge >= 0.3 is 0 Å². The maximum atomic E-state index is 6.00. The maximum Gasteiger partial charge on any atom is 0.0684 e. The summed E-state index contributed by atoms with van der Waals surface area (Å²) in [6.07, 6.45) is 4.37. The van der Waals surface area contributed by atoms with E-state index in [1.807, 2.05) is 0 Å². The van der Waals surface area contributed by atoms with Gasteiger partial charge in [-0.15, -0.1) is 0 Å². The van der Waals surface area contributed by atoms with E-state index in [0.717, 1.165) is 18.4 Å². The lowest BCUT2D eigenvalue weighted by Crippen LogP contribution is -2.69. The standard InChI is InChI=1S/C18H25NO/c1-18(2)16(13-9-6-10-20-17(13)18)19-15-11-14(15)12-7-4-3-5-8-12/h3-5,7-8,13-17,19H,6,9-11H2,1-2H3. The van der Waals surface area contributed by atoms with Crippen LogP contribution in [0.5, 0.6) is 0 Å². The Labute approximate surface area is 121 Å². The fraction of sp³-hybridized carbons (Fsp3) is 0.667. The molecule has 0 amide bonds. The van der Waals surface area contributed by atoms with Crippen LogP contribution >= 0.6 is 0 Å². The Morgan fingerprint density at radius 1 is 1.20 bits per heavy atom. The van der Waals surface area contributed by atoms with Crippen LogP contribution in [0, 0.1) is 11.3 Å². The van der Waals surface area contributed by atoms with Crippen molar-refractivity contribution in [3.8, 4) is 0 Å². The molecule has 1 aromatic carbocycles. The van der Waals surface area contributed by atoms with Gasteiger partial charge in [-0.3, -0.25) is 0 Å². The first kappa shape index (κ1) is 12.8. The van der Waals surface area contributed by atoms with E-state index in [1.54, 1.807) is 0 Å². The normalized spacial score (nSPS) is 41.6. The lowest BCUT2D eigenvalue weighted by Gasteiger charge is -2.60. The largest absolute Gasteiger partial charge is 0.377 e. The van der Waals surface area contributed by atoms with Crippen LogP contribution in [0.15, 0.2) is 30.3 Å². The molecule has 108 valence electrons. The second-order valence-electron chi connectivity index (χ2n) is 7.42. The number of ether oxygens (including phenoxy) is 1. The van der Waals surface area contributed by atoms with Gasteiger partial charge in [0.25, 0.3) is 0 Å². The van der Waals surface area contributed by atoms with Gasteiger partial charge in [0, 0.05) is 35.9 Å². The van der Waals surface area contributed by atoms with Gasteiger partial charge in [-0.05, 0) is 24.8 Å². The van der Waals surface area contributed by atoms with E-state index >= 15 is 0 Å². The van der Waals surface area contributed by atoms with Gasteiger partial charge in [0.15, 0.2) is 0 Å². The van der Waals surface area contributed by atoms with E-state index in [4.69, 9.17) is 4.74 Å². The van der Waals surface area contributed by atoms with Crippen molar-refractivity contribution >= 4 is 0 Å². The number of rotatable bonds is 3. The van der Waals surface area contributed by atoms with Gasteiger partial charge < -0.3 is 10.1 Å². The van der Waals surface area contributed by atoms with E-state index in [0.29, 0.717) is 23.6 Å². The maximum absolute atomic E-state index is 6.00. The van der Waals surface area contributed by atoms with E-state index in [1.165, 1.54) is 24.8 Å². The molecule has 2 aliphatic carbocycles. The monoisotopic (exact) mass is 271 g/mol. The Balaban J connectivity index is 1.41. The summed E-state index contributed by atoms with van der Waals surface area (Å²) in [5.74, 6) is 1.48. The zero-order valence-electron chi connectivity index (χ0n) is 12.5. The molecule has 2 saturated carbocycles. The van der Waals surface area contributed by atoms with Crippen LogP contribution in [-0.2, 0) is 4.74 Å². The van der Waals surface area contributed by atoms with Crippen LogP contribution in [0.25, 0.3) is 0 Å². The quantitative estimate of drug-likeness (QED) is 0.910. The Hall–Kier alpha value is -0.860. The molecule has 0 spiro atoms. The second-order valence-corrected chi connectivity index (χ2v) is 7.42. The summed E-state index contributed by atoms with van der Waals surface area (Å²) in [5.41, 5.74) is 1.80. The van der Waals surface area contributed by atoms with Crippen LogP contribution < -0.4 is 5.32 Å². The van der Waals surface area contributed by atoms with Gasteiger partial charge in [-0.2, -0.15) is 0 Å². The highest BCUT2D eigenvalue weighted by molar-refractivity contribution is 5.28.